The normalized spacial score (nSPS) is 16.0. The van der Waals surface area contributed by atoms with Crippen molar-refractivity contribution >= 4 is 15.9 Å². The average Bonchev–Trinajstić information content (AvgIpc) is 2.68. The van der Waals surface area contributed by atoms with E-state index in [4.69, 9.17) is 0 Å². The van der Waals surface area contributed by atoms with Gasteiger partial charge < -0.3 is 10.2 Å². The Bertz CT molecular complexity index is 664. The molecule has 6 nitrogen and oxygen atoms in total. The first-order chi connectivity index (χ1) is 12.5. The number of nitrogens with zero attached hydrogens (tertiary/aromatic N) is 1. The van der Waals surface area contributed by atoms with Crippen molar-refractivity contribution in [2.24, 2.45) is 0 Å². The van der Waals surface area contributed by atoms with Gasteiger partial charge in [-0.1, -0.05) is 6.42 Å². The summed E-state index contributed by atoms with van der Waals surface area (Å²) in [5.74, 6) is -0.151. The van der Waals surface area contributed by atoms with Gasteiger partial charge in [0.2, 0.25) is 10.0 Å². The minimum absolute atomic E-state index is 0.151. The van der Waals surface area contributed by atoms with Crippen molar-refractivity contribution in [3.63, 3.8) is 0 Å². The molecule has 0 radical (unpaired) electrons. The van der Waals surface area contributed by atoms with Crippen LogP contribution in [-0.4, -0.2) is 57.9 Å². The van der Waals surface area contributed by atoms with Crippen LogP contribution in [0.4, 0.5) is 0 Å². The van der Waals surface area contributed by atoms with Gasteiger partial charge in [-0.3, -0.25) is 4.79 Å². The summed E-state index contributed by atoms with van der Waals surface area (Å²) in [5.41, 5.74) is 0.498. The predicted molar refractivity (Wildman–Crippen MR) is 103 cm³/mol. The second kappa shape index (κ2) is 10.0. The Balaban J connectivity index is 1.89. The molecule has 1 aliphatic rings. The van der Waals surface area contributed by atoms with Gasteiger partial charge in [0, 0.05) is 31.6 Å². The van der Waals surface area contributed by atoms with Crippen LogP contribution in [0.25, 0.3) is 0 Å². The van der Waals surface area contributed by atoms with E-state index in [1.165, 1.54) is 4.90 Å². The molecule has 0 spiro atoms. The summed E-state index contributed by atoms with van der Waals surface area (Å²) >= 11 is 0. The molecule has 2 rings (SSSR count). The van der Waals surface area contributed by atoms with Crippen LogP contribution in [0.1, 0.15) is 49.9 Å². The molecule has 0 unspecified atom stereocenters. The van der Waals surface area contributed by atoms with Crippen LogP contribution in [0.2, 0.25) is 0 Å². The molecule has 1 saturated heterocycles. The lowest BCUT2D eigenvalue weighted by molar-refractivity contribution is -0.896. The minimum atomic E-state index is -3.44. The fraction of sp³-hybridized carbons (Fsp3) is 0.632. The topological polar surface area (TPSA) is 70.9 Å². The fourth-order valence-electron chi connectivity index (χ4n) is 3.28. The van der Waals surface area contributed by atoms with E-state index in [0.717, 1.165) is 45.3 Å². The van der Waals surface area contributed by atoms with E-state index < -0.39 is 10.0 Å². The van der Waals surface area contributed by atoms with E-state index in [2.05, 4.69) is 19.2 Å². The maximum Gasteiger partial charge on any atom is 0.251 e. The third-order valence-corrected chi connectivity index (χ3v) is 6.97. The minimum Gasteiger partial charge on any atom is -0.352 e. The predicted octanol–water partition coefficient (Wildman–Crippen LogP) is 0.906. The number of carbonyl (C=O) groups excluding carboxylic acids is 1. The number of quaternary nitrogens is 1. The van der Waals surface area contributed by atoms with E-state index >= 15 is 0 Å². The van der Waals surface area contributed by atoms with Gasteiger partial charge in [-0.2, -0.15) is 4.31 Å². The summed E-state index contributed by atoms with van der Waals surface area (Å²) in [5, 5.41) is 2.91. The van der Waals surface area contributed by atoms with Crippen molar-refractivity contribution in [1.82, 2.24) is 9.62 Å². The van der Waals surface area contributed by atoms with Crippen LogP contribution in [0.15, 0.2) is 29.2 Å². The third kappa shape index (κ3) is 5.53. The van der Waals surface area contributed by atoms with Gasteiger partial charge in [0.05, 0.1) is 24.5 Å². The summed E-state index contributed by atoms with van der Waals surface area (Å²) in [6, 6.07) is 6.28. The standard InChI is InChI=1S/C19H31N3O3S/c1-3-21(4-2)14-8-13-20-19(23)17-9-11-18(12-10-17)26(24,25)22-15-6-5-7-16-22/h9-12H,3-8,13-16H2,1-2H3,(H,20,23)/p+1. The van der Waals surface area contributed by atoms with E-state index in [-0.39, 0.29) is 10.8 Å². The average molecular weight is 383 g/mol. The van der Waals surface area contributed by atoms with E-state index in [9.17, 15) is 13.2 Å². The first-order valence-electron chi connectivity index (χ1n) is 9.71. The zero-order chi connectivity index (χ0) is 19.0. The van der Waals surface area contributed by atoms with Gasteiger partial charge in [-0.15, -0.1) is 0 Å². The van der Waals surface area contributed by atoms with Crippen molar-refractivity contribution in [3.05, 3.63) is 29.8 Å². The van der Waals surface area contributed by atoms with Gasteiger partial charge in [0.15, 0.2) is 0 Å². The number of amides is 1. The number of rotatable bonds is 9. The van der Waals surface area contributed by atoms with Crippen molar-refractivity contribution < 1.29 is 18.1 Å². The highest BCUT2D eigenvalue weighted by Gasteiger charge is 2.25. The van der Waals surface area contributed by atoms with Gasteiger partial charge in [0.25, 0.3) is 5.91 Å². The number of piperidine rings is 1. The number of nitrogens with one attached hydrogen (secondary N) is 2. The smallest absolute Gasteiger partial charge is 0.251 e. The maximum atomic E-state index is 12.6. The molecule has 1 fully saturated rings. The zero-order valence-corrected chi connectivity index (χ0v) is 16.8. The van der Waals surface area contributed by atoms with Crippen molar-refractivity contribution in [2.75, 3.05) is 39.3 Å². The molecule has 1 aromatic carbocycles. The van der Waals surface area contributed by atoms with Crippen LogP contribution >= 0.6 is 0 Å². The summed E-state index contributed by atoms with van der Waals surface area (Å²) < 4.78 is 26.8. The Labute approximate surface area is 157 Å². The van der Waals surface area contributed by atoms with Crippen LogP contribution < -0.4 is 10.2 Å². The molecule has 26 heavy (non-hydrogen) atoms. The number of benzene rings is 1. The van der Waals surface area contributed by atoms with Gasteiger partial charge >= 0.3 is 0 Å². The Morgan fingerprint density at radius 2 is 1.69 bits per heavy atom. The van der Waals surface area contributed by atoms with Crippen LogP contribution in [-0.2, 0) is 10.0 Å². The highest BCUT2D eigenvalue weighted by atomic mass is 32.2. The summed E-state index contributed by atoms with van der Waals surface area (Å²) in [6.07, 6.45) is 3.84. The summed E-state index contributed by atoms with van der Waals surface area (Å²) in [6.45, 7) is 9.36. The summed E-state index contributed by atoms with van der Waals surface area (Å²) in [4.78, 5) is 14.0. The Morgan fingerprint density at radius 1 is 1.08 bits per heavy atom. The molecule has 0 bridgehead atoms. The monoisotopic (exact) mass is 382 g/mol. The van der Waals surface area contributed by atoms with E-state index in [1.54, 1.807) is 28.6 Å². The van der Waals surface area contributed by atoms with Crippen molar-refractivity contribution in [1.29, 1.82) is 0 Å². The van der Waals surface area contributed by atoms with Crippen LogP contribution in [0.5, 0.6) is 0 Å². The molecular formula is C19H32N3O3S+. The molecule has 146 valence electrons. The molecule has 0 atom stereocenters. The highest BCUT2D eigenvalue weighted by Crippen LogP contribution is 2.20. The Morgan fingerprint density at radius 3 is 2.27 bits per heavy atom. The molecule has 0 aliphatic carbocycles. The maximum absolute atomic E-state index is 12.6. The second-order valence-corrected chi connectivity index (χ2v) is 8.74. The fourth-order valence-corrected chi connectivity index (χ4v) is 4.80. The van der Waals surface area contributed by atoms with Gasteiger partial charge in [0.1, 0.15) is 0 Å². The first kappa shape index (κ1) is 20.9. The third-order valence-electron chi connectivity index (χ3n) is 5.06. The van der Waals surface area contributed by atoms with Crippen LogP contribution in [0.3, 0.4) is 0 Å². The lowest BCUT2D eigenvalue weighted by Crippen LogP contribution is -3.11. The summed E-state index contributed by atoms with van der Waals surface area (Å²) in [7, 11) is -3.44. The number of carbonyl (C=O) groups is 1. The molecule has 0 saturated carbocycles. The van der Waals surface area contributed by atoms with Crippen molar-refractivity contribution in [2.45, 2.75) is 44.4 Å². The largest absolute Gasteiger partial charge is 0.352 e. The van der Waals surface area contributed by atoms with Gasteiger partial charge in [-0.25, -0.2) is 8.42 Å². The SMILES string of the molecule is CC[NH+](CC)CCCNC(=O)c1ccc(S(=O)(=O)N2CCCCC2)cc1. The molecule has 1 amide bonds. The van der Waals surface area contributed by atoms with E-state index in [1.807, 2.05) is 0 Å². The molecular weight excluding hydrogens is 350 g/mol. The molecule has 7 heteroatoms. The molecule has 2 N–H and O–H groups in total. The Hall–Kier alpha value is -1.44. The second-order valence-electron chi connectivity index (χ2n) is 6.81. The Kier molecular flexibility index (Phi) is 8.06. The molecule has 1 heterocycles. The zero-order valence-electron chi connectivity index (χ0n) is 16.0. The van der Waals surface area contributed by atoms with Crippen molar-refractivity contribution in [3.8, 4) is 0 Å². The first-order valence-corrected chi connectivity index (χ1v) is 11.1. The number of hydrogen-bond donors (Lipinski definition) is 2. The highest BCUT2D eigenvalue weighted by molar-refractivity contribution is 7.89. The van der Waals surface area contributed by atoms with E-state index in [0.29, 0.717) is 25.2 Å². The number of sulfonamides is 1. The quantitative estimate of drug-likeness (QED) is 0.624. The molecule has 1 aromatic rings. The number of hydrogen-bond acceptors (Lipinski definition) is 3. The lowest BCUT2D eigenvalue weighted by atomic mass is 10.2. The molecule has 0 aromatic heterocycles. The van der Waals surface area contributed by atoms with Gasteiger partial charge in [-0.05, 0) is 51.0 Å². The molecule has 1 aliphatic heterocycles. The van der Waals surface area contributed by atoms with Crippen LogP contribution in [0, 0.1) is 0 Å². The lowest BCUT2D eigenvalue weighted by Gasteiger charge is -2.25.